The van der Waals surface area contributed by atoms with Gasteiger partial charge in [-0.05, 0) is 56.4 Å². The molecule has 0 aromatic rings. The van der Waals surface area contributed by atoms with Crippen LogP contribution in [0.5, 0.6) is 0 Å². The van der Waals surface area contributed by atoms with Crippen molar-refractivity contribution in [1.82, 2.24) is 5.32 Å². The van der Waals surface area contributed by atoms with E-state index in [1.54, 1.807) is 0 Å². The number of nitrogens with one attached hydrogen (secondary N) is 1. The normalized spacial score (nSPS) is 36.5. The summed E-state index contributed by atoms with van der Waals surface area (Å²) in [6.07, 6.45) is 8.99. The van der Waals surface area contributed by atoms with Crippen molar-refractivity contribution in [3.8, 4) is 0 Å². The molecule has 0 aromatic carbocycles. The van der Waals surface area contributed by atoms with Crippen LogP contribution in [0.25, 0.3) is 0 Å². The molecule has 0 spiro atoms. The van der Waals surface area contributed by atoms with Crippen LogP contribution in [0.2, 0.25) is 0 Å². The van der Waals surface area contributed by atoms with Crippen LogP contribution in [0, 0.1) is 17.8 Å². The van der Waals surface area contributed by atoms with Gasteiger partial charge in [0.1, 0.15) is 0 Å². The Kier molecular flexibility index (Phi) is 3.27. The van der Waals surface area contributed by atoms with Gasteiger partial charge >= 0.3 is 0 Å². The highest BCUT2D eigenvalue weighted by Crippen LogP contribution is 2.55. The second-order valence-corrected chi connectivity index (χ2v) is 5.07. The van der Waals surface area contributed by atoms with Crippen molar-refractivity contribution >= 4 is 0 Å². The Morgan fingerprint density at radius 3 is 2.64 bits per heavy atom. The van der Waals surface area contributed by atoms with Crippen LogP contribution in [-0.2, 0) is 0 Å². The van der Waals surface area contributed by atoms with Gasteiger partial charge in [0.25, 0.3) is 0 Å². The van der Waals surface area contributed by atoms with Crippen molar-refractivity contribution < 1.29 is 0 Å². The summed E-state index contributed by atoms with van der Waals surface area (Å²) in [4.78, 5) is 0. The number of hydrogen-bond donors (Lipinski definition) is 1. The molecule has 1 N–H and O–H groups in total. The first-order valence-electron chi connectivity index (χ1n) is 6.19. The molecule has 3 unspecified atom stereocenters. The molecule has 80 valence electrons. The monoisotopic (exact) mass is 193 g/mol. The highest BCUT2D eigenvalue weighted by molar-refractivity contribution is 5.00. The van der Waals surface area contributed by atoms with E-state index in [0.717, 1.165) is 30.2 Å². The molecule has 2 rings (SSSR count). The van der Waals surface area contributed by atoms with Crippen LogP contribution in [0.1, 0.15) is 39.0 Å². The summed E-state index contributed by atoms with van der Waals surface area (Å²) in [7, 11) is 0. The maximum absolute atomic E-state index is 3.87. The Labute approximate surface area is 88.0 Å². The Bertz CT molecular complexity index is 189. The minimum Gasteiger partial charge on any atom is -0.313 e. The second kappa shape index (κ2) is 4.48. The van der Waals surface area contributed by atoms with Crippen molar-refractivity contribution in [2.45, 2.75) is 45.1 Å². The quantitative estimate of drug-likeness (QED) is 0.639. The third-order valence-corrected chi connectivity index (χ3v) is 3.93. The first-order chi connectivity index (χ1) is 6.85. The predicted octanol–water partition coefficient (Wildman–Crippen LogP) is 2.98. The maximum atomic E-state index is 3.87. The molecule has 2 aliphatic rings. The first kappa shape index (κ1) is 10.2. The van der Waals surface area contributed by atoms with Gasteiger partial charge in [0, 0.05) is 6.04 Å². The molecule has 2 fully saturated rings. The molecule has 0 bridgehead atoms. The predicted molar refractivity (Wildman–Crippen MR) is 61.2 cm³/mol. The third-order valence-electron chi connectivity index (χ3n) is 3.93. The van der Waals surface area contributed by atoms with E-state index in [4.69, 9.17) is 0 Å². The minimum atomic E-state index is 0.722. The van der Waals surface area contributed by atoms with Crippen molar-refractivity contribution in [3.05, 3.63) is 12.7 Å². The van der Waals surface area contributed by atoms with Gasteiger partial charge in [-0.2, -0.15) is 0 Å². The Hall–Kier alpha value is -0.300. The zero-order valence-corrected chi connectivity index (χ0v) is 9.34. The standard InChI is InChI=1S/C13H23N/c1-3-5-13(14-6-4-2)12-8-10-7-11(10)9-12/h3,10-14H,1,4-9H2,2H3. The van der Waals surface area contributed by atoms with Crippen LogP contribution in [-0.4, -0.2) is 12.6 Å². The molecule has 0 saturated heterocycles. The molecule has 3 atom stereocenters. The smallest absolute Gasteiger partial charge is 0.0130 e. The fraction of sp³-hybridized carbons (Fsp3) is 0.846. The van der Waals surface area contributed by atoms with Gasteiger partial charge < -0.3 is 5.32 Å². The van der Waals surface area contributed by atoms with Gasteiger partial charge in [-0.3, -0.25) is 0 Å². The van der Waals surface area contributed by atoms with Gasteiger partial charge in [0.05, 0.1) is 0 Å². The summed E-state index contributed by atoms with van der Waals surface area (Å²) in [5, 5.41) is 3.68. The van der Waals surface area contributed by atoms with Crippen molar-refractivity contribution in [2.75, 3.05) is 6.54 Å². The van der Waals surface area contributed by atoms with Crippen LogP contribution in [0.4, 0.5) is 0 Å². The zero-order chi connectivity index (χ0) is 9.97. The van der Waals surface area contributed by atoms with Gasteiger partial charge in [0.2, 0.25) is 0 Å². The molecular weight excluding hydrogens is 170 g/mol. The average molecular weight is 193 g/mol. The lowest BCUT2D eigenvalue weighted by Crippen LogP contribution is -2.35. The van der Waals surface area contributed by atoms with Crippen LogP contribution in [0.3, 0.4) is 0 Å². The van der Waals surface area contributed by atoms with Gasteiger partial charge in [-0.25, -0.2) is 0 Å². The second-order valence-electron chi connectivity index (χ2n) is 5.07. The first-order valence-corrected chi connectivity index (χ1v) is 6.19. The van der Waals surface area contributed by atoms with Crippen LogP contribution >= 0.6 is 0 Å². The van der Waals surface area contributed by atoms with Gasteiger partial charge in [-0.1, -0.05) is 13.0 Å². The fourth-order valence-corrected chi connectivity index (χ4v) is 3.04. The fourth-order valence-electron chi connectivity index (χ4n) is 3.04. The SMILES string of the molecule is C=CCC(NCCC)C1CC2CC2C1. The van der Waals surface area contributed by atoms with E-state index >= 15 is 0 Å². The Morgan fingerprint density at radius 2 is 2.07 bits per heavy atom. The summed E-state index contributed by atoms with van der Waals surface area (Å²) < 4.78 is 0. The molecule has 2 saturated carbocycles. The highest BCUT2D eigenvalue weighted by atomic mass is 14.9. The van der Waals surface area contributed by atoms with Gasteiger partial charge in [0.15, 0.2) is 0 Å². The molecule has 2 aliphatic carbocycles. The Balaban J connectivity index is 1.79. The van der Waals surface area contributed by atoms with E-state index in [-0.39, 0.29) is 0 Å². The summed E-state index contributed by atoms with van der Waals surface area (Å²) in [5.41, 5.74) is 0. The summed E-state index contributed by atoms with van der Waals surface area (Å²) >= 11 is 0. The van der Waals surface area contributed by atoms with Crippen LogP contribution in [0.15, 0.2) is 12.7 Å². The molecule has 1 nitrogen and oxygen atoms in total. The number of hydrogen-bond acceptors (Lipinski definition) is 1. The van der Waals surface area contributed by atoms with E-state index in [9.17, 15) is 0 Å². The van der Waals surface area contributed by atoms with Crippen molar-refractivity contribution in [3.63, 3.8) is 0 Å². The highest BCUT2D eigenvalue weighted by Gasteiger charge is 2.47. The van der Waals surface area contributed by atoms with Gasteiger partial charge in [-0.15, -0.1) is 6.58 Å². The van der Waals surface area contributed by atoms with E-state index in [1.165, 1.54) is 32.2 Å². The van der Waals surface area contributed by atoms with Crippen LogP contribution < -0.4 is 5.32 Å². The maximum Gasteiger partial charge on any atom is 0.0130 e. The van der Waals surface area contributed by atoms with E-state index in [0.29, 0.717) is 0 Å². The molecular formula is C13H23N. The third kappa shape index (κ3) is 2.20. The number of fused-ring (bicyclic) bond motifs is 1. The van der Waals surface area contributed by atoms with E-state index in [1.807, 2.05) is 0 Å². The summed E-state index contributed by atoms with van der Waals surface area (Å²) in [5.74, 6) is 3.16. The van der Waals surface area contributed by atoms with E-state index < -0.39 is 0 Å². The zero-order valence-electron chi connectivity index (χ0n) is 9.34. The molecule has 0 radical (unpaired) electrons. The Morgan fingerprint density at radius 1 is 1.36 bits per heavy atom. The molecule has 0 heterocycles. The molecule has 0 amide bonds. The average Bonchev–Trinajstić information content (AvgIpc) is 2.81. The largest absolute Gasteiger partial charge is 0.313 e. The molecule has 0 aliphatic heterocycles. The lowest BCUT2D eigenvalue weighted by atomic mass is 9.92. The summed E-state index contributed by atoms with van der Waals surface area (Å²) in [6, 6.07) is 0.722. The van der Waals surface area contributed by atoms with Crippen molar-refractivity contribution in [1.29, 1.82) is 0 Å². The topological polar surface area (TPSA) is 12.0 Å². The van der Waals surface area contributed by atoms with Crippen molar-refractivity contribution in [2.24, 2.45) is 17.8 Å². The lowest BCUT2D eigenvalue weighted by Gasteiger charge is -2.24. The summed E-state index contributed by atoms with van der Waals surface area (Å²) in [6.45, 7) is 7.28. The van der Waals surface area contributed by atoms with E-state index in [2.05, 4.69) is 24.9 Å². The molecule has 14 heavy (non-hydrogen) atoms. The number of rotatable bonds is 6. The lowest BCUT2D eigenvalue weighted by molar-refractivity contribution is 0.336. The molecule has 1 heteroatoms. The minimum absolute atomic E-state index is 0.722. The molecule has 0 aromatic heterocycles.